The Morgan fingerprint density at radius 3 is 2.71 bits per heavy atom. The lowest BCUT2D eigenvalue weighted by Crippen LogP contribution is -2.36. The number of rotatable bonds is 5. The topological polar surface area (TPSA) is 12.0 Å². The van der Waals surface area contributed by atoms with Gasteiger partial charge in [-0.3, -0.25) is 0 Å². The maximum atomic E-state index is 3.53. The van der Waals surface area contributed by atoms with Crippen LogP contribution in [0.1, 0.15) is 58.8 Å². The van der Waals surface area contributed by atoms with Gasteiger partial charge in [0.25, 0.3) is 0 Å². The monoisotopic (exact) mass is 197 g/mol. The molecule has 14 heavy (non-hydrogen) atoms. The molecule has 1 fully saturated rings. The smallest absolute Gasteiger partial charge is 0.00924 e. The molecule has 0 aromatic heterocycles. The van der Waals surface area contributed by atoms with Gasteiger partial charge in [-0.2, -0.15) is 0 Å². The lowest BCUT2D eigenvalue weighted by molar-refractivity contribution is 0.219. The van der Waals surface area contributed by atoms with Crippen LogP contribution in [-0.4, -0.2) is 13.1 Å². The Hall–Kier alpha value is -0.0400. The summed E-state index contributed by atoms with van der Waals surface area (Å²) in [7, 11) is 2.14. The summed E-state index contributed by atoms with van der Waals surface area (Å²) >= 11 is 0. The van der Waals surface area contributed by atoms with Gasteiger partial charge in [0.05, 0.1) is 0 Å². The zero-order chi connectivity index (χ0) is 10.4. The van der Waals surface area contributed by atoms with Gasteiger partial charge in [0.1, 0.15) is 0 Å². The van der Waals surface area contributed by atoms with Gasteiger partial charge < -0.3 is 5.32 Å². The van der Waals surface area contributed by atoms with Crippen molar-refractivity contribution < 1.29 is 0 Å². The highest BCUT2D eigenvalue weighted by molar-refractivity contribution is 4.80. The number of nitrogens with one attached hydrogen (secondary N) is 1. The lowest BCUT2D eigenvalue weighted by atomic mass is 9.77. The minimum atomic E-state index is 0.790. The molecule has 0 amide bonds. The third-order valence-electron chi connectivity index (χ3n) is 3.79. The number of hydrogen-bond donors (Lipinski definition) is 1. The van der Waals surface area contributed by atoms with Gasteiger partial charge in [-0.1, -0.05) is 39.5 Å². The second-order valence-corrected chi connectivity index (χ2v) is 5.07. The first-order chi connectivity index (χ1) is 6.77. The Bertz CT molecular complexity index is 144. The molecule has 0 aromatic rings. The summed E-state index contributed by atoms with van der Waals surface area (Å²) in [5, 5.41) is 3.53. The Kier molecular flexibility index (Phi) is 5.54. The van der Waals surface area contributed by atoms with Crippen LogP contribution in [0.2, 0.25) is 0 Å². The number of hydrogen-bond acceptors (Lipinski definition) is 1. The first-order valence-corrected chi connectivity index (χ1v) is 6.45. The minimum absolute atomic E-state index is 0.790. The summed E-state index contributed by atoms with van der Waals surface area (Å²) in [4.78, 5) is 0. The van der Waals surface area contributed by atoms with E-state index in [1.54, 1.807) is 0 Å². The predicted octanol–water partition coefficient (Wildman–Crippen LogP) is 3.59. The normalized spacial score (nSPS) is 30.2. The van der Waals surface area contributed by atoms with Gasteiger partial charge in [-0.05, 0) is 38.1 Å². The SMILES string of the molecule is CCCCC(NC)C1CCCC(C)C1. The lowest BCUT2D eigenvalue weighted by Gasteiger charge is -2.33. The maximum absolute atomic E-state index is 3.53. The molecule has 3 unspecified atom stereocenters. The van der Waals surface area contributed by atoms with Crippen LogP contribution in [0.4, 0.5) is 0 Å². The molecule has 0 heterocycles. The minimum Gasteiger partial charge on any atom is -0.317 e. The van der Waals surface area contributed by atoms with E-state index in [0.29, 0.717) is 0 Å². The quantitative estimate of drug-likeness (QED) is 0.710. The molecule has 1 aliphatic carbocycles. The largest absolute Gasteiger partial charge is 0.317 e. The van der Waals surface area contributed by atoms with E-state index in [0.717, 1.165) is 17.9 Å². The molecule has 84 valence electrons. The fourth-order valence-corrected chi connectivity index (χ4v) is 2.89. The molecule has 3 atom stereocenters. The van der Waals surface area contributed by atoms with Gasteiger partial charge in [0, 0.05) is 6.04 Å². The standard InChI is InChI=1S/C13H27N/c1-4-5-9-13(14-3)12-8-6-7-11(2)10-12/h11-14H,4-10H2,1-3H3. The summed E-state index contributed by atoms with van der Waals surface area (Å²) < 4.78 is 0. The van der Waals surface area contributed by atoms with Gasteiger partial charge in [-0.15, -0.1) is 0 Å². The predicted molar refractivity (Wildman–Crippen MR) is 63.5 cm³/mol. The maximum Gasteiger partial charge on any atom is 0.00924 e. The van der Waals surface area contributed by atoms with Crippen molar-refractivity contribution in [3.63, 3.8) is 0 Å². The average Bonchev–Trinajstić information content (AvgIpc) is 2.19. The third kappa shape index (κ3) is 3.61. The van der Waals surface area contributed by atoms with E-state index < -0.39 is 0 Å². The van der Waals surface area contributed by atoms with Crippen LogP contribution < -0.4 is 5.32 Å². The molecule has 0 spiro atoms. The summed E-state index contributed by atoms with van der Waals surface area (Å²) in [6.07, 6.45) is 9.92. The van der Waals surface area contributed by atoms with E-state index in [2.05, 4.69) is 26.2 Å². The summed E-state index contributed by atoms with van der Waals surface area (Å²) in [6.45, 7) is 4.70. The number of unbranched alkanes of at least 4 members (excludes halogenated alkanes) is 1. The Morgan fingerprint density at radius 2 is 2.14 bits per heavy atom. The van der Waals surface area contributed by atoms with Crippen LogP contribution in [0.15, 0.2) is 0 Å². The summed E-state index contributed by atoms with van der Waals surface area (Å²) in [6, 6.07) is 0.790. The molecule has 1 rings (SSSR count). The van der Waals surface area contributed by atoms with E-state index in [-0.39, 0.29) is 0 Å². The van der Waals surface area contributed by atoms with Crippen molar-refractivity contribution in [2.75, 3.05) is 7.05 Å². The zero-order valence-electron chi connectivity index (χ0n) is 10.2. The van der Waals surface area contributed by atoms with Crippen molar-refractivity contribution in [3.8, 4) is 0 Å². The van der Waals surface area contributed by atoms with Gasteiger partial charge in [-0.25, -0.2) is 0 Å². The molecule has 1 heteroatoms. The van der Waals surface area contributed by atoms with E-state index in [1.165, 1.54) is 44.9 Å². The van der Waals surface area contributed by atoms with E-state index >= 15 is 0 Å². The van der Waals surface area contributed by atoms with Crippen molar-refractivity contribution in [2.45, 2.75) is 64.8 Å². The second-order valence-electron chi connectivity index (χ2n) is 5.07. The molecule has 0 aliphatic heterocycles. The van der Waals surface area contributed by atoms with E-state index in [9.17, 15) is 0 Å². The first kappa shape index (κ1) is 12.0. The van der Waals surface area contributed by atoms with Crippen LogP contribution in [0.3, 0.4) is 0 Å². The van der Waals surface area contributed by atoms with Crippen molar-refractivity contribution in [3.05, 3.63) is 0 Å². The molecule has 1 aliphatic rings. The fourth-order valence-electron chi connectivity index (χ4n) is 2.89. The van der Waals surface area contributed by atoms with Crippen molar-refractivity contribution in [2.24, 2.45) is 11.8 Å². The highest BCUT2D eigenvalue weighted by Crippen LogP contribution is 2.32. The van der Waals surface area contributed by atoms with Crippen LogP contribution in [0, 0.1) is 11.8 Å². The fraction of sp³-hybridized carbons (Fsp3) is 1.00. The van der Waals surface area contributed by atoms with Crippen LogP contribution in [0.5, 0.6) is 0 Å². The van der Waals surface area contributed by atoms with Crippen molar-refractivity contribution in [1.29, 1.82) is 0 Å². The Morgan fingerprint density at radius 1 is 1.36 bits per heavy atom. The molecule has 0 aromatic carbocycles. The van der Waals surface area contributed by atoms with Crippen LogP contribution in [-0.2, 0) is 0 Å². The summed E-state index contributed by atoms with van der Waals surface area (Å²) in [5.74, 6) is 1.92. The van der Waals surface area contributed by atoms with Crippen LogP contribution in [0.25, 0.3) is 0 Å². The van der Waals surface area contributed by atoms with Crippen molar-refractivity contribution in [1.82, 2.24) is 5.32 Å². The third-order valence-corrected chi connectivity index (χ3v) is 3.79. The van der Waals surface area contributed by atoms with Gasteiger partial charge >= 0.3 is 0 Å². The molecule has 1 nitrogen and oxygen atoms in total. The average molecular weight is 197 g/mol. The highest BCUT2D eigenvalue weighted by Gasteiger charge is 2.24. The molecular formula is C13H27N. The zero-order valence-corrected chi connectivity index (χ0v) is 10.2. The Labute approximate surface area is 89.7 Å². The summed E-state index contributed by atoms with van der Waals surface area (Å²) in [5.41, 5.74) is 0. The van der Waals surface area contributed by atoms with E-state index in [4.69, 9.17) is 0 Å². The second kappa shape index (κ2) is 6.44. The molecule has 0 saturated heterocycles. The van der Waals surface area contributed by atoms with Gasteiger partial charge in [0.2, 0.25) is 0 Å². The Balaban J connectivity index is 2.34. The van der Waals surface area contributed by atoms with Crippen molar-refractivity contribution >= 4 is 0 Å². The first-order valence-electron chi connectivity index (χ1n) is 6.45. The molecule has 0 bridgehead atoms. The molecule has 1 N–H and O–H groups in total. The van der Waals surface area contributed by atoms with E-state index in [1.807, 2.05) is 0 Å². The molecule has 1 saturated carbocycles. The van der Waals surface area contributed by atoms with Crippen LogP contribution >= 0.6 is 0 Å². The van der Waals surface area contributed by atoms with Gasteiger partial charge in [0.15, 0.2) is 0 Å². The highest BCUT2D eigenvalue weighted by atomic mass is 14.9. The molecular weight excluding hydrogens is 170 g/mol. The molecule has 0 radical (unpaired) electrons.